The standard InChI is InChI=1S/C24H36N4O2S/c1-8-17(4)20(25-19(29)13-16(3)14-24(5,6)7)21(30)26-23-28-27-22(31-23)18-11-9-15(2)10-12-18/h9-12,16-17,20H,8,13-14H2,1-7H3,(H,25,29)(H,26,28,30). The Kier molecular flexibility index (Phi) is 8.74. The molecule has 0 spiro atoms. The molecule has 2 rings (SSSR count). The number of anilines is 1. The topological polar surface area (TPSA) is 84.0 Å². The summed E-state index contributed by atoms with van der Waals surface area (Å²) in [6.07, 6.45) is 2.14. The molecule has 170 valence electrons. The minimum absolute atomic E-state index is 0.00589. The first-order valence-electron chi connectivity index (χ1n) is 11.0. The van der Waals surface area contributed by atoms with Crippen LogP contribution in [0.15, 0.2) is 24.3 Å². The molecule has 7 heteroatoms. The van der Waals surface area contributed by atoms with Gasteiger partial charge in [0.1, 0.15) is 11.0 Å². The minimum atomic E-state index is -0.605. The Morgan fingerprint density at radius 2 is 1.74 bits per heavy atom. The molecular weight excluding hydrogens is 408 g/mol. The van der Waals surface area contributed by atoms with Crippen molar-refractivity contribution < 1.29 is 9.59 Å². The van der Waals surface area contributed by atoms with E-state index in [0.717, 1.165) is 23.4 Å². The molecule has 0 bridgehead atoms. The number of aryl methyl sites for hydroxylation is 1. The third-order valence-corrected chi connectivity index (χ3v) is 6.15. The fourth-order valence-corrected chi connectivity index (χ4v) is 4.39. The van der Waals surface area contributed by atoms with E-state index < -0.39 is 6.04 Å². The fourth-order valence-electron chi connectivity index (χ4n) is 3.64. The van der Waals surface area contributed by atoms with E-state index in [1.165, 1.54) is 16.9 Å². The molecule has 0 radical (unpaired) electrons. The third-order valence-electron chi connectivity index (χ3n) is 5.26. The van der Waals surface area contributed by atoms with Gasteiger partial charge in [0.25, 0.3) is 0 Å². The molecular formula is C24H36N4O2S. The van der Waals surface area contributed by atoms with Gasteiger partial charge in [0.2, 0.25) is 16.9 Å². The number of hydrogen-bond acceptors (Lipinski definition) is 5. The second kappa shape index (κ2) is 10.8. The van der Waals surface area contributed by atoms with Crippen molar-refractivity contribution in [2.75, 3.05) is 5.32 Å². The fraction of sp³-hybridized carbons (Fsp3) is 0.583. The van der Waals surface area contributed by atoms with Gasteiger partial charge >= 0.3 is 0 Å². The summed E-state index contributed by atoms with van der Waals surface area (Å²) in [5.74, 6) is -0.0835. The van der Waals surface area contributed by atoms with Crippen LogP contribution in [0.2, 0.25) is 0 Å². The first kappa shape index (κ1) is 25.0. The molecule has 0 saturated heterocycles. The van der Waals surface area contributed by atoms with Crippen molar-refractivity contribution in [1.82, 2.24) is 15.5 Å². The molecule has 0 aliphatic carbocycles. The number of hydrogen-bond donors (Lipinski definition) is 2. The van der Waals surface area contributed by atoms with E-state index in [0.29, 0.717) is 11.6 Å². The van der Waals surface area contributed by atoms with E-state index in [-0.39, 0.29) is 29.1 Å². The number of benzene rings is 1. The molecule has 0 saturated carbocycles. The molecule has 1 aromatic carbocycles. The predicted molar refractivity (Wildman–Crippen MR) is 128 cm³/mol. The van der Waals surface area contributed by atoms with Gasteiger partial charge in [0.15, 0.2) is 0 Å². The van der Waals surface area contributed by atoms with Gasteiger partial charge in [-0.2, -0.15) is 0 Å². The van der Waals surface area contributed by atoms with Gasteiger partial charge < -0.3 is 5.32 Å². The highest BCUT2D eigenvalue weighted by molar-refractivity contribution is 7.18. The quantitative estimate of drug-likeness (QED) is 0.539. The maximum atomic E-state index is 13.0. The van der Waals surface area contributed by atoms with E-state index in [4.69, 9.17) is 0 Å². The molecule has 31 heavy (non-hydrogen) atoms. The van der Waals surface area contributed by atoms with Gasteiger partial charge in [-0.15, -0.1) is 10.2 Å². The number of amides is 2. The van der Waals surface area contributed by atoms with Crippen LogP contribution in [-0.4, -0.2) is 28.1 Å². The van der Waals surface area contributed by atoms with Crippen LogP contribution in [0.5, 0.6) is 0 Å². The Balaban J connectivity index is 2.03. The zero-order valence-corrected chi connectivity index (χ0v) is 20.6. The number of nitrogens with zero attached hydrogens (tertiary/aromatic N) is 2. The molecule has 2 aromatic rings. The second-order valence-corrected chi connectivity index (χ2v) is 10.7. The van der Waals surface area contributed by atoms with Crippen molar-refractivity contribution in [3.05, 3.63) is 29.8 Å². The average Bonchev–Trinajstić information content (AvgIpc) is 3.12. The highest BCUT2D eigenvalue weighted by atomic mass is 32.1. The van der Waals surface area contributed by atoms with E-state index in [9.17, 15) is 9.59 Å². The van der Waals surface area contributed by atoms with Gasteiger partial charge in [-0.05, 0) is 30.6 Å². The number of aromatic nitrogens is 2. The van der Waals surface area contributed by atoms with Gasteiger partial charge in [-0.3, -0.25) is 14.9 Å². The van der Waals surface area contributed by atoms with E-state index in [1.807, 2.05) is 45.0 Å². The lowest BCUT2D eigenvalue weighted by Crippen LogP contribution is -2.48. The molecule has 0 aliphatic rings. The Bertz CT molecular complexity index is 870. The van der Waals surface area contributed by atoms with Crippen LogP contribution in [0.25, 0.3) is 10.6 Å². The normalized spacial score (nSPS) is 14.5. The smallest absolute Gasteiger partial charge is 0.249 e. The maximum absolute atomic E-state index is 13.0. The van der Waals surface area contributed by atoms with Crippen molar-refractivity contribution in [3.8, 4) is 10.6 Å². The van der Waals surface area contributed by atoms with Gasteiger partial charge in [0.05, 0.1) is 0 Å². The van der Waals surface area contributed by atoms with Crippen molar-refractivity contribution in [3.63, 3.8) is 0 Å². The molecule has 0 aliphatic heterocycles. The van der Waals surface area contributed by atoms with Crippen molar-refractivity contribution in [2.45, 2.75) is 73.8 Å². The van der Waals surface area contributed by atoms with Gasteiger partial charge in [0, 0.05) is 12.0 Å². The maximum Gasteiger partial charge on any atom is 0.249 e. The number of carbonyl (C=O) groups excluding carboxylic acids is 2. The van der Waals surface area contributed by atoms with E-state index in [2.05, 4.69) is 48.5 Å². The van der Waals surface area contributed by atoms with E-state index in [1.54, 1.807) is 0 Å². The van der Waals surface area contributed by atoms with Crippen LogP contribution < -0.4 is 10.6 Å². The SMILES string of the molecule is CCC(C)C(NC(=O)CC(C)CC(C)(C)C)C(=O)Nc1nnc(-c2ccc(C)cc2)s1. The lowest BCUT2D eigenvalue weighted by molar-refractivity contribution is -0.128. The Hall–Kier alpha value is -2.28. The zero-order valence-electron chi connectivity index (χ0n) is 19.8. The van der Waals surface area contributed by atoms with Crippen molar-refractivity contribution in [2.24, 2.45) is 17.3 Å². The predicted octanol–water partition coefficient (Wildman–Crippen LogP) is 5.45. The van der Waals surface area contributed by atoms with Crippen LogP contribution in [0.4, 0.5) is 5.13 Å². The highest BCUT2D eigenvalue weighted by Gasteiger charge is 2.28. The summed E-state index contributed by atoms with van der Waals surface area (Å²) in [4.78, 5) is 25.6. The Morgan fingerprint density at radius 3 is 2.32 bits per heavy atom. The van der Waals surface area contributed by atoms with Crippen LogP contribution in [-0.2, 0) is 9.59 Å². The third kappa shape index (κ3) is 8.05. The second-order valence-electron chi connectivity index (χ2n) is 9.77. The molecule has 3 unspecified atom stereocenters. The van der Waals surface area contributed by atoms with Crippen molar-refractivity contribution >= 4 is 28.3 Å². The number of carbonyl (C=O) groups is 2. The molecule has 1 aromatic heterocycles. The Morgan fingerprint density at radius 1 is 1.10 bits per heavy atom. The lowest BCUT2D eigenvalue weighted by Gasteiger charge is -2.26. The van der Waals surface area contributed by atoms with E-state index >= 15 is 0 Å². The van der Waals surface area contributed by atoms with Crippen LogP contribution in [0.3, 0.4) is 0 Å². The molecule has 2 amide bonds. The average molecular weight is 445 g/mol. The first-order chi connectivity index (χ1) is 14.5. The summed E-state index contributed by atoms with van der Waals surface area (Å²) in [5.41, 5.74) is 2.30. The summed E-state index contributed by atoms with van der Waals surface area (Å²) in [6, 6.07) is 7.41. The van der Waals surface area contributed by atoms with Gasteiger partial charge in [-0.1, -0.05) is 89.1 Å². The van der Waals surface area contributed by atoms with Crippen LogP contribution in [0, 0.1) is 24.2 Å². The lowest BCUT2D eigenvalue weighted by atomic mass is 9.84. The number of nitrogens with one attached hydrogen (secondary N) is 2. The summed E-state index contributed by atoms with van der Waals surface area (Å²) in [6.45, 7) is 14.6. The van der Waals surface area contributed by atoms with Crippen molar-refractivity contribution in [1.29, 1.82) is 0 Å². The summed E-state index contributed by atoms with van der Waals surface area (Å²) < 4.78 is 0. The van der Waals surface area contributed by atoms with Gasteiger partial charge in [-0.25, -0.2) is 0 Å². The highest BCUT2D eigenvalue weighted by Crippen LogP contribution is 2.27. The Labute approximate surface area is 190 Å². The first-order valence-corrected chi connectivity index (χ1v) is 11.8. The summed E-state index contributed by atoms with van der Waals surface area (Å²) in [7, 11) is 0. The molecule has 0 fully saturated rings. The number of rotatable bonds is 9. The molecule has 3 atom stereocenters. The minimum Gasteiger partial charge on any atom is -0.344 e. The van der Waals surface area contributed by atoms with Crippen LogP contribution >= 0.6 is 11.3 Å². The summed E-state index contributed by atoms with van der Waals surface area (Å²) >= 11 is 1.33. The monoisotopic (exact) mass is 444 g/mol. The molecule has 1 heterocycles. The molecule has 2 N–H and O–H groups in total. The largest absolute Gasteiger partial charge is 0.344 e. The zero-order chi connectivity index (χ0) is 23.2. The van der Waals surface area contributed by atoms with Crippen LogP contribution in [0.1, 0.15) is 66.4 Å². The summed E-state index contributed by atoms with van der Waals surface area (Å²) in [5, 5.41) is 15.3. The molecule has 6 nitrogen and oxygen atoms in total.